The van der Waals surface area contributed by atoms with Crippen molar-refractivity contribution in [3.8, 4) is 0 Å². The second kappa shape index (κ2) is 5.92. The molecule has 1 aliphatic heterocycles. The van der Waals surface area contributed by atoms with Crippen LogP contribution in [0.4, 0.5) is 0 Å². The summed E-state index contributed by atoms with van der Waals surface area (Å²) in [6, 6.07) is 10.3. The Hall–Kier alpha value is -0.540. The summed E-state index contributed by atoms with van der Waals surface area (Å²) in [5.74, 6) is 0.723. The van der Waals surface area contributed by atoms with E-state index in [0.717, 1.165) is 5.75 Å². The number of hydrogen-bond donors (Lipinski definition) is 0. The quantitative estimate of drug-likeness (QED) is 0.691. The molecule has 1 aliphatic rings. The maximum absolute atomic E-state index is 12.7. The average molecular weight is 323 g/mol. The SMILES string of the molecule is CC(C)(C)C1=C(C(C)(C)C)C(Sc2ccccc2)S(=O)C1. The Morgan fingerprint density at radius 1 is 1.00 bits per heavy atom. The molecule has 0 amide bonds. The lowest BCUT2D eigenvalue weighted by Gasteiger charge is -2.31. The van der Waals surface area contributed by atoms with E-state index in [2.05, 4.69) is 53.7 Å². The predicted molar refractivity (Wildman–Crippen MR) is 95.0 cm³/mol. The number of benzene rings is 1. The van der Waals surface area contributed by atoms with E-state index in [1.54, 1.807) is 11.8 Å². The third-order valence-electron chi connectivity index (χ3n) is 3.79. The maximum atomic E-state index is 12.7. The minimum atomic E-state index is -0.825. The third kappa shape index (κ3) is 3.81. The summed E-state index contributed by atoms with van der Waals surface area (Å²) in [4.78, 5) is 1.20. The Labute approximate surface area is 136 Å². The lowest BCUT2D eigenvalue weighted by atomic mass is 9.76. The highest BCUT2D eigenvalue weighted by Crippen LogP contribution is 2.49. The van der Waals surface area contributed by atoms with Crippen LogP contribution in [0.2, 0.25) is 0 Å². The minimum absolute atomic E-state index is 0.0568. The van der Waals surface area contributed by atoms with E-state index in [9.17, 15) is 4.21 Å². The van der Waals surface area contributed by atoms with Crippen LogP contribution in [0.5, 0.6) is 0 Å². The van der Waals surface area contributed by atoms with Crippen molar-refractivity contribution in [3.63, 3.8) is 0 Å². The van der Waals surface area contributed by atoms with Crippen molar-refractivity contribution in [2.45, 2.75) is 51.0 Å². The molecule has 0 radical (unpaired) electrons. The fraction of sp³-hybridized carbons (Fsp3) is 0.556. The van der Waals surface area contributed by atoms with Crippen LogP contribution in [-0.2, 0) is 10.8 Å². The molecule has 1 heterocycles. The topological polar surface area (TPSA) is 17.1 Å². The van der Waals surface area contributed by atoms with Gasteiger partial charge in [0, 0.05) is 21.4 Å². The van der Waals surface area contributed by atoms with E-state index in [-0.39, 0.29) is 15.4 Å². The van der Waals surface area contributed by atoms with Gasteiger partial charge in [-0.3, -0.25) is 4.21 Å². The van der Waals surface area contributed by atoms with Crippen LogP contribution >= 0.6 is 11.8 Å². The molecule has 1 aromatic rings. The van der Waals surface area contributed by atoms with Crippen LogP contribution in [0, 0.1) is 10.8 Å². The zero-order valence-corrected chi connectivity index (χ0v) is 15.5. The minimum Gasteiger partial charge on any atom is -0.258 e. The Bertz CT molecular complexity index is 559. The first kappa shape index (κ1) is 16.8. The Morgan fingerprint density at radius 3 is 2.05 bits per heavy atom. The van der Waals surface area contributed by atoms with Gasteiger partial charge in [-0.2, -0.15) is 0 Å². The van der Waals surface area contributed by atoms with Gasteiger partial charge in [-0.15, -0.1) is 11.8 Å². The van der Waals surface area contributed by atoms with Gasteiger partial charge in [-0.1, -0.05) is 65.3 Å². The standard InChI is InChI=1S/C18H26OS2/c1-17(2,3)14-12-21(19)16(15(14)18(4,5)6)20-13-10-8-7-9-11-13/h7-11,16H,12H2,1-6H3. The molecule has 2 rings (SSSR count). The number of hydrogen-bond acceptors (Lipinski definition) is 2. The van der Waals surface area contributed by atoms with E-state index in [1.165, 1.54) is 16.0 Å². The Kier molecular flexibility index (Phi) is 4.75. The maximum Gasteiger partial charge on any atom is 0.107 e. The van der Waals surface area contributed by atoms with E-state index in [4.69, 9.17) is 0 Å². The van der Waals surface area contributed by atoms with Crippen LogP contribution in [-0.4, -0.2) is 14.5 Å². The molecular formula is C18H26OS2. The molecular weight excluding hydrogens is 296 g/mol. The molecule has 0 bridgehead atoms. The Balaban J connectivity index is 2.44. The smallest absolute Gasteiger partial charge is 0.107 e. The zero-order valence-electron chi connectivity index (χ0n) is 13.9. The van der Waals surface area contributed by atoms with Crippen LogP contribution in [0.3, 0.4) is 0 Å². The molecule has 0 fully saturated rings. The summed E-state index contributed by atoms with van der Waals surface area (Å²) in [6.07, 6.45) is 0. The first-order valence-corrected chi connectivity index (χ1v) is 9.70. The number of rotatable bonds is 2. The van der Waals surface area contributed by atoms with Gasteiger partial charge in [0.15, 0.2) is 0 Å². The van der Waals surface area contributed by atoms with E-state index < -0.39 is 10.8 Å². The fourth-order valence-corrected chi connectivity index (χ4v) is 6.66. The molecule has 21 heavy (non-hydrogen) atoms. The molecule has 0 saturated heterocycles. The second-order valence-electron chi connectivity index (χ2n) is 7.68. The van der Waals surface area contributed by atoms with E-state index >= 15 is 0 Å². The summed E-state index contributed by atoms with van der Waals surface area (Å²) in [6.45, 7) is 13.4. The molecule has 0 saturated carbocycles. The summed E-state index contributed by atoms with van der Waals surface area (Å²) < 4.78 is 12.8. The van der Waals surface area contributed by atoms with Crippen molar-refractivity contribution in [2.24, 2.45) is 10.8 Å². The van der Waals surface area contributed by atoms with E-state index in [0.29, 0.717) is 0 Å². The highest BCUT2D eigenvalue weighted by molar-refractivity contribution is 8.11. The largest absolute Gasteiger partial charge is 0.258 e. The molecule has 1 aromatic carbocycles. The van der Waals surface area contributed by atoms with Crippen molar-refractivity contribution >= 4 is 22.6 Å². The monoisotopic (exact) mass is 322 g/mol. The fourth-order valence-electron chi connectivity index (χ4n) is 2.73. The van der Waals surface area contributed by atoms with Gasteiger partial charge >= 0.3 is 0 Å². The van der Waals surface area contributed by atoms with Crippen LogP contribution < -0.4 is 0 Å². The summed E-state index contributed by atoms with van der Waals surface area (Å²) in [7, 11) is -0.825. The van der Waals surface area contributed by atoms with Crippen molar-refractivity contribution in [2.75, 3.05) is 5.75 Å². The molecule has 0 N–H and O–H groups in total. The summed E-state index contributed by atoms with van der Waals surface area (Å²) >= 11 is 1.76. The van der Waals surface area contributed by atoms with Crippen LogP contribution in [0.25, 0.3) is 0 Å². The highest BCUT2D eigenvalue weighted by Gasteiger charge is 2.42. The molecule has 0 aliphatic carbocycles. The molecule has 0 spiro atoms. The second-order valence-corrected chi connectivity index (χ2v) is 10.7. The Morgan fingerprint density at radius 2 is 1.57 bits per heavy atom. The van der Waals surface area contributed by atoms with Crippen molar-refractivity contribution in [1.82, 2.24) is 0 Å². The van der Waals surface area contributed by atoms with Crippen molar-refractivity contribution < 1.29 is 4.21 Å². The van der Waals surface area contributed by atoms with E-state index in [1.807, 2.05) is 18.2 Å². The summed E-state index contributed by atoms with van der Waals surface area (Å²) in [5, 5.41) is 0. The molecule has 3 heteroatoms. The molecule has 1 nitrogen and oxygen atoms in total. The van der Waals surface area contributed by atoms with Crippen molar-refractivity contribution in [1.29, 1.82) is 0 Å². The van der Waals surface area contributed by atoms with Gasteiger partial charge < -0.3 is 0 Å². The van der Waals surface area contributed by atoms with Gasteiger partial charge in [0.25, 0.3) is 0 Å². The lowest BCUT2D eigenvalue weighted by Crippen LogP contribution is -2.22. The molecule has 0 aromatic heterocycles. The van der Waals surface area contributed by atoms with Gasteiger partial charge in [-0.25, -0.2) is 0 Å². The third-order valence-corrected chi connectivity index (χ3v) is 7.00. The number of thioether (sulfide) groups is 1. The predicted octanol–water partition coefficient (Wildman–Crippen LogP) is 5.26. The summed E-state index contributed by atoms with van der Waals surface area (Å²) in [5.41, 5.74) is 2.93. The first-order valence-electron chi connectivity index (χ1n) is 7.43. The van der Waals surface area contributed by atoms with Gasteiger partial charge in [-0.05, 0) is 28.5 Å². The molecule has 2 atom stereocenters. The normalized spacial score (nSPS) is 23.7. The van der Waals surface area contributed by atoms with Gasteiger partial charge in [0.2, 0.25) is 0 Å². The lowest BCUT2D eigenvalue weighted by molar-refractivity contribution is 0.449. The van der Waals surface area contributed by atoms with Crippen LogP contribution in [0.15, 0.2) is 46.4 Å². The van der Waals surface area contributed by atoms with Gasteiger partial charge in [0.1, 0.15) is 4.58 Å². The highest BCUT2D eigenvalue weighted by atomic mass is 32.2. The van der Waals surface area contributed by atoms with Gasteiger partial charge in [0.05, 0.1) is 0 Å². The molecule has 116 valence electrons. The zero-order chi connectivity index (χ0) is 15.8. The first-order chi connectivity index (χ1) is 9.60. The molecule has 2 unspecified atom stereocenters. The van der Waals surface area contributed by atoms with Crippen LogP contribution in [0.1, 0.15) is 41.5 Å². The van der Waals surface area contributed by atoms with Crippen molar-refractivity contribution in [3.05, 3.63) is 41.5 Å². The average Bonchev–Trinajstić information content (AvgIpc) is 2.68.